The molecule has 25 heavy (non-hydrogen) atoms. The fourth-order valence-corrected chi connectivity index (χ4v) is 5.81. The lowest BCUT2D eigenvalue weighted by Gasteiger charge is -2.48. The maximum absolute atomic E-state index is 3.91. The van der Waals surface area contributed by atoms with E-state index in [1.165, 1.54) is 76.2 Å². The van der Waals surface area contributed by atoms with E-state index in [0.717, 1.165) is 17.8 Å². The summed E-state index contributed by atoms with van der Waals surface area (Å²) in [5.74, 6) is 2.72. The van der Waals surface area contributed by atoms with Crippen molar-refractivity contribution in [3.63, 3.8) is 0 Å². The summed E-state index contributed by atoms with van der Waals surface area (Å²) in [6.45, 7) is 8.61. The molecule has 2 fully saturated rings. The topological polar surface area (TPSA) is 0 Å². The molecule has 2 aliphatic carbocycles. The first-order valence-corrected chi connectivity index (χ1v) is 10.8. The first-order valence-electron chi connectivity index (χ1n) is 10.8. The van der Waals surface area contributed by atoms with Gasteiger partial charge in [0, 0.05) is 0 Å². The largest absolute Gasteiger partial charge is 0.103 e. The number of hydrogen-bond donors (Lipinski definition) is 0. The summed E-state index contributed by atoms with van der Waals surface area (Å²) in [6.07, 6.45) is 17.6. The highest BCUT2D eigenvalue weighted by molar-refractivity contribution is 5.30. The van der Waals surface area contributed by atoms with Gasteiger partial charge in [-0.05, 0) is 87.0 Å². The lowest BCUT2D eigenvalue weighted by atomic mass is 9.56. The van der Waals surface area contributed by atoms with Gasteiger partial charge in [0.05, 0.1) is 0 Å². The van der Waals surface area contributed by atoms with Crippen molar-refractivity contribution >= 4 is 0 Å². The number of hydrogen-bond acceptors (Lipinski definition) is 0. The van der Waals surface area contributed by atoms with Gasteiger partial charge in [-0.25, -0.2) is 0 Å². The van der Waals surface area contributed by atoms with Crippen molar-refractivity contribution in [1.29, 1.82) is 0 Å². The summed E-state index contributed by atoms with van der Waals surface area (Å²) >= 11 is 0. The lowest BCUT2D eigenvalue weighted by molar-refractivity contribution is 0.104. The van der Waals surface area contributed by atoms with E-state index in [2.05, 4.69) is 50.8 Å². The summed E-state index contributed by atoms with van der Waals surface area (Å²) < 4.78 is 0. The van der Waals surface area contributed by atoms with Crippen LogP contribution in [0.5, 0.6) is 0 Å². The Morgan fingerprint density at radius 2 is 1.68 bits per heavy atom. The molecule has 0 amide bonds. The van der Waals surface area contributed by atoms with E-state index >= 15 is 0 Å². The molecule has 2 saturated carbocycles. The zero-order chi connectivity index (χ0) is 17.7. The van der Waals surface area contributed by atoms with Crippen LogP contribution in [0.2, 0.25) is 0 Å². The molecule has 0 heteroatoms. The van der Waals surface area contributed by atoms with Crippen LogP contribution in [0.4, 0.5) is 0 Å². The Morgan fingerprint density at radius 3 is 2.28 bits per heavy atom. The Hall–Kier alpha value is -1.04. The third kappa shape index (κ3) is 4.21. The lowest BCUT2D eigenvalue weighted by Crippen LogP contribution is -2.41. The highest BCUT2D eigenvalue weighted by Gasteiger charge is 2.43. The van der Waals surface area contributed by atoms with E-state index in [4.69, 9.17) is 0 Å². The van der Waals surface area contributed by atoms with E-state index < -0.39 is 0 Å². The van der Waals surface area contributed by atoms with Crippen LogP contribution in [0.15, 0.2) is 36.9 Å². The van der Waals surface area contributed by atoms with Crippen LogP contribution in [0, 0.1) is 24.7 Å². The molecule has 2 aliphatic rings. The molecule has 3 rings (SSSR count). The van der Waals surface area contributed by atoms with E-state index in [1.807, 2.05) is 0 Å². The van der Waals surface area contributed by atoms with Crippen LogP contribution >= 0.6 is 0 Å². The monoisotopic (exact) mass is 338 g/mol. The van der Waals surface area contributed by atoms with E-state index in [-0.39, 0.29) is 0 Å². The van der Waals surface area contributed by atoms with E-state index in [1.54, 1.807) is 5.56 Å². The molecule has 0 bridgehead atoms. The first-order chi connectivity index (χ1) is 12.2. The van der Waals surface area contributed by atoms with Crippen molar-refractivity contribution < 1.29 is 0 Å². The van der Waals surface area contributed by atoms with Crippen LogP contribution in [-0.4, -0.2) is 0 Å². The van der Waals surface area contributed by atoms with Gasteiger partial charge in [0.15, 0.2) is 0 Å². The SMILES string of the molecule is C=CCCC(C)C1CCC(c2ccc(C)cc2)(C2CCCCC2)CC1. The number of benzene rings is 1. The number of aryl methyl sites for hydroxylation is 1. The van der Waals surface area contributed by atoms with Crippen LogP contribution in [0.25, 0.3) is 0 Å². The number of rotatable bonds is 6. The van der Waals surface area contributed by atoms with Gasteiger partial charge in [0.1, 0.15) is 0 Å². The summed E-state index contributed by atoms with van der Waals surface area (Å²) in [5.41, 5.74) is 3.53. The number of allylic oxidation sites excluding steroid dienone is 1. The summed E-state index contributed by atoms with van der Waals surface area (Å²) in [7, 11) is 0. The molecule has 0 nitrogen and oxygen atoms in total. The standard InChI is InChI=1S/C25H38/c1-4-5-9-21(3)22-16-18-25(19-17-22,23-10-7-6-8-11-23)24-14-12-20(2)13-15-24/h4,12-15,21-23H,1,5-11,16-19H2,2-3H3. The third-order valence-corrected chi connectivity index (χ3v) is 7.57. The highest BCUT2D eigenvalue weighted by Crippen LogP contribution is 2.52. The minimum Gasteiger partial charge on any atom is -0.103 e. The van der Waals surface area contributed by atoms with Crippen molar-refractivity contribution in [3.8, 4) is 0 Å². The Labute approximate surface area is 156 Å². The Kier molecular flexibility index (Phi) is 6.42. The average Bonchev–Trinajstić information content (AvgIpc) is 2.67. The second-order valence-corrected chi connectivity index (χ2v) is 9.04. The highest BCUT2D eigenvalue weighted by atomic mass is 14.5. The summed E-state index contributed by atoms with van der Waals surface area (Å²) in [6, 6.07) is 9.62. The molecule has 0 spiro atoms. The van der Waals surface area contributed by atoms with Gasteiger partial charge in [-0.15, -0.1) is 6.58 Å². The zero-order valence-corrected chi connectivity index (χ0v) is 16.6. The smallest absolute Gasteiger partial charge is 0.00185 e. The molecular formula is C25H38. The molecule has 0 aliphatic heterocycles. The molecule has 0 heterocycles. The molecule has 138 valence electrons. The predicted molar refractivity (Wildman–Crippen MR) is 110 cm³/mol. The minimum atomic E-state index is 0.475. The summed E-state index contributed by atoms with van der Waals surface area (Å²) in [5, 5.41) is 0. The molecule has 1 unspecified atom stereocenters. The minimum absolute atomic E-state index is 0.475. The average molecular weight is 339 g/mol. The van der Waals surface area contributed by atoms with Crippen LogP contribution in [0.3, 0.4) is 0 Å². The molecule has 1 aromatic rings. The normalized spacial score (nSPS) is 29.3. The second kappa shape index (κ2) is 8.56. The van der Waals surface area contributed by atoms with Crippen molar-refractivity contribution in [2.24, 2.45) is 17.8 Å². The van der Waals surface area contributed by atoms with Gasteiger partial charge in [-0.1, -0.05) is 62.1 Å². The van der Waals surface area contributed by atoms with Gasteiger partial charge in [-0.2, -0.15) is 0 Å². The van der Waals surface area contributed by atoms with Gasteiger partial charge >= 0.3 is 0 Å². The van der Waals surface area contributed by atoms with Gasteiger partial charge < -0.3 is 0 Å². The van der Waals surface area contributed by atoms with Gasteiger partial charge in [0.2, 0.25) is 0 Å². The van der Waals surface area contributed by atoms with Crippen LogP contribution in [-0.2, 0) is 5.41 Å². The van der Waals surface area contributed by atoms with Crippen molar-refractivity contribution in [2.45, 2.75) is 89.9 Å². The Morgan fingerprint density at radius 1 is 1.04 bits per heavy atom. The first kappa shape index (κ1) is 18.7. The van der Waals surface area contributed by atoms with Gasteiger partial charge in [-0.3, -0.25) is 0 Å². The fraction of sp³-hybridized carbons (Fsp3) is 0.680. The molecule has 0 saturated heterocycles. The van der Waals surface area contributed by atoms with Crippen molar-refractivity contribution in [1.82, 2.24) is 0 Å². The Balaban J connectivity index is 1.77. The molecule has 1 atom stereocenters. The molecule has 1 aromatic carbocycles. The van der Waals surface area contributed by atoms with Crippen molar-refractivity contribution in [2.75, 3.05) is 0 Å². The van der Waals surface area contributed by atoms with E-state index in [0.29, 0.717) is 5.41 Å². The quantitative estimate of drug-likeness (QED) is 0.468. The predicted octanol–water partition coefficient (Wildman–Crippen LogP) is 7.61. The van der Waals surface area contributed by atoms with E-state index in [9.17, 15) is 0 Å². The van der Waals surface area contributed by atoms with Gasteiger partial charge in [0.25, 0.3) is 0 Å². The fourth-order valence-electron chi connectivity index (χ4n) is 5.81. The van der Waals surface area contributed by atoms with Crippen LogP contribution in [0.1, 0.15) is 88.7 Å². The molecular weight excluding hydrogens is 300 g/mol. The van der Waals surface area contributed by atoms with Crippen molar-refractivity contribution in [3.05, 3.63) is 48.0 Å². The molecule has 0 radical (unpaired) electrons. The molecule has 0 aromatic heterocycles. The second-order valence-electron chi connectivity index (χ2n) is 9.04. The van der Waals surface area contributed by atoms with Crippen LogP contribution < -0.4 is 0 Å². The maximum Gasteiger partial charge on any atom is -0.00185 e. The zero-order valence-electron chi connectivity index (χ0n) is 16.6. The maximum atomic E-state index is 3.91. The Bertz CT molecular complexity index is 524. The summed E-state index contributed by atoms with van der Waals surface area (Å²) in [4.78, 5) is 0. The third-order valence-electron chi connectivity index (χ3n) is 7.57. The molecule has 0 N–H and O–H groups in total.